The maximum absolute atomic E-state index is 12.3. The Morgan fingerprint density at radius 2 is 2.03 bits per heavy atom. The molecule has 0 unspecified atom stereocenters. The second kappa shape index (κ2) is 10.1. The number of pyridine rings is 1. The van der Waals surface area contributed by atoms with Crippen LogP contribution in [-0.4, -0.2) is 60.6 Å². The molecule has 8 heteroatoms. The Balaban J connectivity index is 1.23. The molecule has 3 aromatic rings. The molecule has 8 nitrogen and oxygen atoms in total. The van der Waals surface area contributed by atoms with E-state index < -0.39 is 0 Å². The first kappa shape index (κ1) is 20.9. The number of anilines is 1. The quantitative estimate of drug-likeness (QED) is 0.598. The summed E-state index contributed by atoms with van der Waals surface area (Å²) in [6.07, 6.45) is 3.85. The van der Waals surface area contributed by atoms with Crippen molar-refractivity contribution >= 4 is 11.6 Å². The number of carbonyl (C=O) groups is 1. The molecule has 1 fully saturated rings. The van der Waals surface area contributed by atoms with E-state index in [0.717, 1.165) is 37.6 Å². The molecule has 1 N–H and O–H groups in total. The topological polar surface area (TPSA) is 83.7 Å². The van der Waals surface area contributed by atoms with Crippen molar-refractivity contribution in [2.75, 3.05) is 44.7 Å². The highest BCUT2D eigenvalue weighted by atomic mass is 16.5. The van der Waals surface area contributed by atoms with Crippen molar-refractivity contribution in [3.63, 3.8) is 0 Å². The number of amides is 1. The van der Waals surface area contributed by atoms with Gasteiger partial charge in [0.1, 0.15) is 12.0 Å². The molecule has 1 saturated heterocycles. The summed E-state index contributed by atoms with van der Waals surface area (Å²) in [5.41, 5.74) is 2.42. The van der Waals surface area contributed by atoms with Crippen LogP contribution < -0.4 is 15.0 Å². The van der Waals surface area contributed by atoms with Crippen molar-refractivity contribution in [2.45, 2.75) is 13.0 Å². The second-order valence-electron chi connectivity index (χ2n) is 7.42. The molecular weight excluding hydrogens is 394 g/mol. The maximum atomic E-state index is 12.3. The van der Waals surface area contributed by atoms with Crippen LogP contribution in [0, 0.1) is 0 Å². The van der Waals surface area contributed by atoms with E-state index in [0.29, 0.717) is 31.1 Å². The van der Waals surface area contributed by atoms with Crippen molar-refractivity contribution in [1.29, 1.82) is 0 Å². The fourth-order valence-electron chi connectivity index (χ4n) is 3.59. The van der Waals surface area contributed by atoms with Crippen molar-refractivity contribution in [3.8, 4) is 5.75 Å². The van der Waals surface area contributed by atoms with Gasteiger partial charge in [0.05, 0.1) is 13.7 Å². The molecular formula is C23H27N5O3. The molecule has 1 amide bonds. The lowest BCUT2D eigenvalue weighted by Crippen LogP contribution is -2.46. The van der Waals surface area contributed by atoms with Crippen LogP contribution in [0.15, 0.2) is 59.3 Å². The fourth-order valence-corrected chi connectivity index (χ4v) is 3.59. The van der Waals surface area contributed by atoms with E-state index in [-0.39, 0.29) is 5.91 Å². The van der Waals surface area contributed by atoms with Crippen LogP contribution in [0.25, 0.3) is 0 Å². The number of hydrogen-bond donors (Lipinski definition) is 1. The smallest absolute Gasteiger partial charge is 0.273 e. The molecule has 31 heavy (non-hydrogen) atoms. The highest BCUT2D eigenvalue weighted by Crippen LogP contribution is 2.22. The van der Waals surface area contributed by atoms with Gasteiger partial charge in [-0.15, -0.1) is 0 Å². The SMILES string of the molecule is COc1cccc(N2CCN(Cc3nc(C(=O)NCCc4ccccn4)co3)CC2)c1. The first-order valence-corrected chi connectivity index (χ1v) is 10.4. The van der Waals surface area contributed by atoms with Gasteiger partial charge in [0.2, 0.25) is 5.89 Å². The first-order valence-electron chi connectivity index (χ1n) is 10.4. The van der Waals surface area contributed by atoms with Crippen LogP contribution in [0.3, 0.4) is 0 Å². The van der Waals surface area contributed by atoms with Crippen molar-refractivity contribution in [3.05, 3.63) is 72.2 Å². The van der Waals surface area contributed by atoms with Crippen LogP contribution in [0.5, 0.6) is 5.75 Å². The molecule has 0 atom stereocenters. The Bertz CT molecular complexity index is 984. The highest BCUT2D eigenvalue weighted by Gasteiger charge is 2.20. The lowest BCUT2D eigenvalue weighted by Gasteiger charge is -2.35. The van der Waals surface area contributed by atoms with E-state index in [1.54, 1.807) is 13.3 Å². The minimum atomic E-state index is -0.228. The summed E-state index contributed by atoms with van der Waals surface area (Å²) in [6.45, 7) is 4.71. The summed E-state index contributed by atoms with van der Waals surface area (Å²) in [6, 6.07) is 13.9. The van der Waals surface area contributed by atoms with Crippen LogP contribution in [0.1, 0.15) is 22.1 Å². The number of oxazole rings is 1. The summed E-state index contributed by atoms with van der Waals surface area (Å²) in [4.78, 5) is 25.5. The van der Waals surface area contributed by atoms with E-state index in [1.807, 2.05) is 30.3 Å². The standard InChI is InChI=1S/C23H27N5O3/c1-30-20-7-4-6-19(15-20)28-13-11-27(12-14-28)16-22-26-21(17-31-22)23(29)25-10-8-18-5-2-3-9-24-18/h2-7,9,15,17H,8,10-14,16H2,1H3,(H,25,29). The summed E-state index contributed by atoms with van der Waals surface area (Å²) in [5, 5.41) is 2.87. The number of piperazine rings is 1. The number of carbonyl (C=O) groups excluding carboxylic acids is 1. The van der Waals surface area contributed by atoms with E-state index in [9.17, 15) is 4.79 Å². The molecule has 1 aromatic carbocycles. The third kappa shape index (κ3) is 5.61. The second-order valence-corrected chi connectivity index (χ2v) is 7.42. The third-order valence-corrected chi connectivity index (χ3v) is 5.33. The van der Waals surface area contributed by atoms with Crippen LogP contribution in [0.2, 0.25) is 0 Å². The Hall–Kier alpha value is -3.39. The normalized spacial score (nSPS) is 14.4. The van der Waals surface area contributed by atoms with Crippen molar-refractivity contribution in [2.24, 2.45) is 0 Å². The maximum Gasteiger partial charge on any atom is 0.273 e. The lowest BCUT2D eigenvalue weighted by molar-refractivity contribution is 0.0949. The summed E-state index contributed by atoms with van der Waals surface area (Å²) < 4.78 is 10.9. The molecule has 0 spiro atoms. The Morgan fingerprint density at radius 3 is 2.81 bits per heavy atom. The Morgan fingerprint density at radius 1 is 1.16 bits per heavy atom. The average Bonchev–Trinajstić information content (AvgIpc) is 3.29. The van der Waals surface area contributed by atoms with Gasteiger partial charge in [0, 0.05) is 62.8 Å². The summed E-state index contributed by atoms with van der Waals surface area (Å²) >= 11 is 0. The van der Waals surface area contributed by atoms with Crippen LogP contribution >= 0.6 is 0 Å². The largest absolute Gasteiger partial charge is 0.497 e. The number of benzene rings is 1. The van der Waals surface area contributed by atoms with Crippen LogP contribution in [0.4, 0.5) is 5.69 Å². The predicted molar refractivity (Wildman–Crippen MR) is 117 cm³/mol. The fraction of sp³-hybridized carbons (Fsp3) is 0.348. The van der Waals surface area contributed by atoms with E-state index in [2.05, 4.69) is 37.2 Å². The third-order valence-electron chi connectivity index (χ3n) is 5.33. The zero-order chi connectivity index (χ0) is 21.5. The molecule has 4 rings (SSSR count). The van der Waals surface area contributed by atoms with Gasteiger partial charge in [-0.1, -0.05) is 12.1 Å². The molecule has 1 aliphatic heterocycles. The number of hydrogen-bond acceptors (Lipinski definition) is 7. The minimum Gasteiger partial charge on any atom is -0.497 e. The predicted octanol–water partition coefficient (Wildman–Crippen LogP) is 2.37. The highest BCUT2D eigenvalue weighted by molar-refractivity contribution is 5.91. The van der Waals surface area contributed by atoms with E-state index >= 15 is 0 Å². The molecule has 0 aliphatic carbocycles. The average molecular weight is 422 g/mol. The molecule has 0 bridgehead atoms. The number of nitrogens with zero attached hydrogens (tertiary/aromatic N) is 4. The van der Waals surface area contributed by atoms with Crippen LogP contribution in [-0.2, 0) is 13.0 Å². The van der Waals surface area contributed by atoms with E-state index in [4.69, 9.17) is 9.15 Å². The van der Waals surface area contributed by atoms with Gasteiger partial charge >= 0.3 is 0 Å². The zero-order valence-electron chi connectivity index (χ0n) is 17.7. The van der Waals surface area contributed by atoms with Gasteiger partial charge in [-0.05, 0) is 24.3 Å². The van der Waals surface area contributed by atoms with Crippen molar-refractivity contribution < 1.29 is 13.9 Å². The lowest BCUT2D eigenvalue weighted by atomic mass is 10.2. The molecule has 2 aromatic heterocycles. The molecule has 1 aliphatic rings. The van der Waals surface area contributed by atoms with Gasteiger partial charge < -0.3 is 19.4 Å². The van der Waals surface area contributed by atoms with Crippen molar-refractivity contribution in [1.82, 2.24) is 20.2 Å². The van der Waals surface area contributed by atoms with Gasteiger partial charge in [-0.25, -0.2) is 4.98 Å². The number of nitrogens with one attached hydrogen (secondary N) is 1. The number of ether oxygens (including phenoxy) is 1. The minimum absolute atomic E-state index is 0.228. The number of methoxy groups -OCH3 is 1. The number of rotatable bonds is 8. The van der Waals surface area contributed by atoms with Gasteiger partial charge in [-0.3, -0.25) is 14.7 Å². The van der Waals surface area contributed by atoms with Gasteiger partial charge in [0.25, 0.3) is 5.91 Å². The molecule has 3 heterocycles. The summed E-state index contributed by atoms with van der Waals surface area (Å²) in [7, 11) is 1.68. The molecule has 0 radical (unpaired) electrons. The van der Waals surface area contributed by atoms with E-state index in [1.165, 1.54) is 12.0 Å². The number of aromatic nitrogens is 2. The monoisotopic (exact) mass is 421 g/mol. The van der Waals surface area contributed by atoms with Gasteiger partial charge in [-0.2, -0.15) is 0 Å². The first-order chi connectivity index (χ1) is 15.2. The summed E-state index contributed by atoms with van der Waals surface area (Å²) in [5.74, 6) is 1.20. The van der Waals surface area contributed by atoms with Gasteiger partial charge in [0.15, 0.2) is 5.69 Å². The molecule has 0 saturated carbocycles. The zero-order valence-corrected chi connectivity index (χ0v) is 17.7. The Labute approximate surface area is 181 Å². The molecule has 162 valence electrons. The Kier molecular flexibility index (Phi) is 6.78.